The smallest absolute Gasteiger partial charge is 0.0828 e. The van der Waals surface area contributed by atoms with Crippen molar-refractivity contribution < 1.29 is 0 Å². The molecule has 4 heteroatoms. The van der Waals surface area contributed by atoms with Gasteiger partial charge in [0.1, 0.15) is 0 Å². The molecule has 1 heterocycles. The van der Waals surface area contributed by atoms with Gasteiger partial charge in [-0.05, 0) is 30.1 Å². The lowest BCUT2D eigenvalue weighted by Gasteiger charge is -2.27. The zero-order valence-corrected chi connectivity index (χ0v) is 15.6. The zero-order valence-electron chi connectivity index (χ0n) is 13.9. The van der Waals surface area contributed by atoms with Crippen molar-refractivity contribution in [1.29, 1.82) is 0 Å². The quantitative estimate of drug-likeness (QED) is 0.672. The minimum absolute atomic E-state index is 0.367. The molecule has 1 saturated heterocycles. The molecule has 0 aromatic heterocycles. The van der Waals surface area contributed by atoms with E-state index in [4.69, 9.17) is 0 Å². The molecule has 0 saturated carbocycles. The van der Waals surface area contributed by atoms with Crippen molar-refractivity contribution in [3.8, 4) is 0 Å². The highest BCUT2D eigenvalue weighted by Gasteiger charge is 2.47. The highest BCUT2D eigenvalue weighted by molar-refractivity contribution is 7.97. The van der Waals surface area contributed by atoms with E-state index in [1.165, 1.54) is 11.1 Å². The van der Waals surface area contributed by atoms with Gasteiger partial charge in [0.15, 0.2) is 0 Å². The maximum absolute atomic E-state index is 2.57. The van der Waals surface area contributed by atoms with Gasteiger partial charge in [-0.25, -0.2) is 8.61 Å². The zero-order chi connectivity index (χ0) is 16.2. The Kier molecular flexibility index (Phi) is 5.70. The minimum atomic E-state index is 0.367. The Bertz CT molecular complexity index is 552. The fourth-order valence-corrected chi connectivity index (χ4v) is 5.53. The van der Waals surface area contributed by atoms with Gasteiger partial charge in [-0.2, -0.15) is 0 Å². The minimum Gasteiger partial charge on any atom is -0.224 e. The van der Waals surface area contributed by atoms with Crippen LogP contribution in [0.15, 0.2) is 60.7 Å². The summed E-state index contributed by atoms with van der Waals surface area (Å²) in [6, 6.07) is 22.6. The largest absolute Gasteiger partial charge is 0.224 e. The molecule has 1 aliphatic rings. The molecule has 1 aliphatic heterocycles. The van der Waals surface area contributed by atoms with Crippen LogP contribution in [0.25, 0.3) is 0 Å². The molecule has 0 radical (unpaired) electrons. The maximum atomic E-state index is 2.57. The van der Waals surface area contributed by atoms with Crippen LogP contribution in [0.4, 0.5) is 0 Å². The van der Waals surface area contributed by atoms with Gasteiger partial charge in [0.25, 0.3) is 0 Å². The number of rotatable bonds is 5. The highest BCUT2D eigenvalue weighted by atomic mass is 32.2. The van der Waals surface area contributed by atoms with Crippen LogP contribution in [-0.4, -0.2) is 27.3 Å². The normalized spacial score (nSPS) is 25.8. The first-order valence-electron chi connectivity index (χ1n) is 8.06. The van der Waals surface area contributed by atoms with Gasteiger partial charge >= 0.3 is 0 Å². The van der Waals surface area contributed by atoms with E-state index >= 15 is 0 Å². The van der Waals surface area contributed by atoms with Crippen molar-refractivity contribution in [3.63, 3.8) is 0 Å². The van der Waals surface area contributed by atoms with Crippen LogP contribution < -0.4 is 0 Å². The molecule has 23 heavy (non-hydrogen) atoms. The van der Waals surface area contributed by atoms with Gasteiger partial charge in [0.2, 0.25) is 0 Å². The average molecular weight is 345 g/mol. The third kappa shape index (κ3) is 3.18. The molecule has 2 atom stereocenters. The molecular weight excluding hydrogens is 320 g/mol. The van der Waals surface area contributed by atoms with E-state index in [0.717, 1.165) is 6.42 Å². The van der Waals surface area contributed by atoms with E-state index in [0.29, 0.717) is 18.2 Å². The molecule has 0 spiro atoms. The Morgan fingerprint density at radius 3 is 1.43 bits per heavy atom. The second-order valence-corrected chi connectivity index (χ2v) is 7.26. The summed E-state index contributed by atoms with van der Waals surface area (Å²) >= 11 is 3.73. The van der Waals surface area contributed by atoms with Crippen LogP contribution >= 0.6 is 23.9 Å². The number of hydrogen-bond acceptors (Lipinski definition) is 4. The Morgan fingerprint density at radius 2 is 1.13 bits per heavy atom. The molecule has 122 valence electrons. The molecule has 0 amide bonds. The first-order chi connectivity index (χ1) is 11.3. The van der Waals surface area contributed by atoms with Crippen molar-refractivity contribution in [1.82, 2.24) is 8.61 Å². The van der Waals surface area contributed by atoms with Crippen molar-refractivity contribution >= 4 is 23.9 Å². The summed E-state index contributed by atoms with van der Waals surface area (Å²) in [4.78, 5) is 0. The first kappa shape index (κ1) is 16.9. The Labute approximate surface area is 148 Å². The van der Waals surface area contributed by atoms with Crippen LogP contribution in [0.5, 0.6) is 0 Å². The molecule has 2 aromatic rings. The van der Waals surface area contributed by atoms with Crippen molar-refractivity contribution in [2.45, 2.75) is 31.6 Å². The van der Waals surface area contributed by atoms with Crippen LogP contribution in [0.1, 0.15) is 36.6 Å². The molecule has 2 nitrogen and oxygen atoms in total. The number of hydrogen-bond donors (Lipinski definition) is 0. The molecule has 0 N–H and O–H groups in total. The predicted octanol–water partition coefficient (Wildman–Crippen LogP) is 5.38. The summed E-state index contributed by atoms with van der Waals surface area (Å²) < 4.78 is 5.15. The lowest BCUT2D eigenvalue weighted by molar-refractivity contribution is 0.288. The van der Waals surface area contributed by atoms with Crippen molar-refractivity contribution in [3.05, 3.63) is 71.8 Å². The monoisotopic (exact) mass is 344 g/mol. The molecule has 2 unspecified atom stereocenters. The van der Waals surface area contributed by atoms with Gasteiger partial charge in [-0.15, -0.1) is 0 Å². The molecule has 2 aromatic carbocycles. The van der Waals surface area contributed by atoms with Crippen LogP contribution in [0, 0.1) is 0 Å². The predicted molar refractivity (Wildman–Crippen MR) is 103 cm³/mol. The van der Waals surface area contributed by atoms with Gasteiger partial charge < -0.3 is 0 Å². The van der Waals surface area contributed by atoms with Gasteiger partial charge in [-0.1, -0.05) is 91.5 Å². The maximum Gasteiger partial charge on any atom is 0.0828 e. The Balaban J connectivity index is 2.10. The fraction of sp³-hybridized carbons (Fsp3) is 0.368. The lowest BCUT2D eigenvalue weighted by atomic mass is 9.95. The van der Waals surface area contributed by atoms with E-state index in [2.05, 4.69) is 88.7 Å². The third-order valence-corrected chi connectivity index (χ3v) is 6.29. The van der Waals surface area contributed by atoms with Crippen LogP contribution in [0.3, 0.4) is 0 Å². The fourth-order valence-electron chi connectivity index (χ4n) is 3.55. The summed E-state index contributed by atoms with van der Waals surface area (Å²) in [6.07, 6.45) is 5.96. The second kappa shape index (κ2) is 7.75. The van der Waals surface area contributed by atoms with Crippen molar-refractivity contribution in [2.24, 2.45) is 0 Å². The molecular formula is C19H24N2S2. The summed E-state index contributed by atoms with van der Waals surface area (Å²) in [5, 5.41) is 0. The van der Waals surface area contributed by atoms with Crippen LogP contribution in [-0.2, 0) is 0 Å². The number of nitrogens with zero attached hydrogens (tertiary/aromatic N) is 2. The van der Waals surface area contributed by atoms with Gasteiger partial charge in [0.05, 0.1) is 18.2 Å². The van der Waals surface area contributed by atoms with Gasteiger partial charge in [-0.3, -0.25) is 0 Å². The summed E-state index contributed by atoms with van der Waals surface area (Å²) in [7, 11) is 0. The van der Waals surface area contributed by atoms with Crippen molar-refractivity contribution in [2.75, 3.05) is 12.5 Å². The highest BCUT2D eigenvalue weighted by Crippen LogP contribution is 2.52. The van der Waals surface area contributed by atoms with E-state index < -0.39 is 0 Å². The van der Waals surface area contributed by atoms with E-state index in [1.807, 2.05) is 23.9 Å². The average Bonchev–Trinajstić information content (AvgIpc) is 2.96. The second-order valence-electron chi connectivity index (χ2n) is 5.68. The first-order valence-corrected chi connectivity index (χ1v) is 10.4. The van der Waals surface area contributed by atoms with E-state index in [1.54, 1.807) is 0 Å². The Hall–Kier alpha value is -0.940. The summed E-state index contributed by atoms with van der Waals surface area (Å²) in [5.41, 5.74) is 2.79. The molecule has 0 aliphatic carbocycles. The molecule has 3 rings (SSSR count). The van der Waals surface area contributed by atoms with Crippen LogP contribution in [0.2, 0.25) is 0 Å². The summed E-state index contributed by atoms with van der Waals surface area (Å²) in [6.45, 7) is 2.28. The number of benzene rings is 2. The van der Waals surface area contributed by atoms with Gasteiger partial charge in [0, 0.05) is 0 Å². The summed E-state index contributed by atoms with van der Waals surface area (Å²) in [5.74, 6) is 0. The SMILES string of the molecule is CCC1N(SC)C(c2ccccc2)C(c2ccccc2)N1SC. The Morgan fingerprint density at radius 1 is 0.739 bits per heavy atom. The lowest BCUT2D eigenvalue weighted by Crippen LogP contribution is -2.31. The standard InChI is InChI=1S/C19H24N2S2/c1-4-17-20(22-2)18(15-11-7-5-8-12-15)19(21(17)23-3)16-13-9-6-10-14-16/h5-14,17-19H,4H2,1-3H3. The topological polar surface area (TPSA) is 6.48 Å². The molecule has 1 fully saturated rings. The van der Waals surface area contributed by atoms with E-state index in [-0.39, 0.29) is 0 Å². The third-order valence-electron chi connectivity index (χ3n) is 4.50. The van der Waals surface area contributed by atoms with E-state index in [9.17, 15) is 0 Å². The molecule has 0 bridgehead atoms.